The molecule has 36 heavy (non-hydrogen) atoms. The Bertz CT molecular complexity index is 1370. The average molecular weight is 493 g/mol. The predicted molar refractivity (Wildman–Crippen MR) is 126 cm³/mol. The molecule has 3 N–H and O–H groups in total. The fourth-order valence-corrected chi connectivity index (χ4v) is 3.01. The normalized spacial score (nSPS) is 11.6. The van der Waals surface area contributed by atoms with Crippen molar-refractivity contribution >= 4 is 17.6 Å². The second-order valence-corrected chi connectivity index (χ2v) is 7.62. The first-order chi connectivity index (χ1) is 17.3. The van der Waals surface area contributed by atoms with Crippen molar-refractivity contribution in [3.63, 3.8) is 0 Å². The third-order valence-corrected chi connectivity index (χ3v) is 4.74. The second kappa shape index (κ2) is 10.7. The molecular formula is C23H23N7O6. The van der Waals surface area contributed by atoms with Gasteiger partial charge in [0.2, 0.25) is 5.82 Å². The van der Waals surface area contributed by atoms with Crippen molar-refractivity contribution < 1.29 is 28.7 Å². The molecule has 0 bridgehead atoms. The summed E-state index contributed by atoms with van der Waals surface area (Å²) in [6.07, 6.45) is 2.64. The molecule has 0 spiro atoms. The SMILES string of the molecule is CNC(=O)c1nc(-c2ccc(Oc3cc(O[C@@H](C)CO)cc(C(=O)Nc4ccn(C)n4)c3)cn2)no1. The molecule has 0 fully saturated rings. The molecule has 0 radical (unpaired) electrons. The van der Waals surface area contributed by atoms with Gasteiger partial charge in [0.05, 0.1) is 12.8 Å². The number of carbonyl (C=O) groups excluding carboxylic acids is 2. The van der Waals surface area contributed by atoms with Gasteiger partial charge in [-0.25, -0.2) is 4.98 Å². The van der Waals surface area contributed by atoms with E-state index in [4.69, 9.17) is 14.0 Å². The van der Waals surface area contributed by atoms with Crippen LogP contribution in [-0.2, 0) is 7.05 Å². The molecule has 0 aliphatic heterocycles. The van der Waals surface area contributed by atoms with Crippen LogP contribution in [0.1, 0.15) is 28.0 Å². The van der Waals surface area contributed by atoms with Gasteiger partial charge < -0.3 is 29.7 Å². The van der Waals surface area contributed by atoms with Crippen molar-refractivity contribution in [2.75, 3.05) is 19.0 Å². The molecule has 13 heteroatoms. The lowest BCUT2D eigenvalue weighted by atomic mass is 10.2. The van der Waals surface area contributed by atoms with Gasteiger partial charge in [-0.1, -0.05) is 5.16 Å². The smallest absolute Gasteiger partial charge is 0.316 e. The number of amides is 2. The van der Waals surface area contributed by atoms with E-state index in [0.29, 0.717) is 28.8 Å². The molecule has 0 aliphatic rings. The minimum atomic E-state index is -0.505. The number of aromatic nitrogens is 5. The molecule has 0 saturated heterocycles. The van der Waals surface area contributed by atoms with E-state index in [2.05, 4.69) is 30.9 Å². The molecule has 3 heterocycles. The van der Waals surface area contributed by atoms with Gasteiger partial charge in [-0.15, -0.1) is 0 Å². The van der Waals surface area contributed by atoms with E-state index in [9.17, 15) is 14.7 Å². The minimum absolute atomic E-state index is 0.141. The van der Waals surface area contributed by atoms with Crippen LogP contribution < -0.4 is 20.1 Å². The van der Waals surface area contributed by atoms with Crippen molar-refractivity contribution in [1.82, 2.24) is 30.2 Å². The van der Waals surface area contributed by atoms with Gasteiger partial charge >= 0.3 is 11.8 Å². The highest BCUT2D eigenvalue weighted by Crippen LogP contribution is 2.29. The van der Waals surface area contributed by atoms with Crippen LogP contribution in [0.5, 0.6) is 17.2 Å². The molecule has 186 valence electrons. The Kier molecular flexibility index (Phi) is 7.20. The number of aliphatic hydroxyl groups is 1. The zero-order valence-electron chi connectivity index (χ0n) is 19.6. The quantitative estimate of drug-likeness (QED) is 0.314. The first-order valence-corrected chi connectivity index (χ1v) is 10.8. The van der Waals surface area contributed by atoms with Gasteiger partial charge in [0.1, 0.15) is 29.0 Å². The zero-order chi connectivity index (χ0) is 25.7. The maximum absolute atomic E-state index is 12.8. The van der Waals surface area contributed by atoms with Gasteiger partial charge in [0, 0.05) is 38.0 Å². The van der Waals surface area contributed by atoms with E-state index in [1.165, 1.54) is 19.3 Å². The maximum atomic E-state index is 12.8. The van der Waals surface area contributed by atoms with Crippen LogP contribution in [-0.4, -0.2) is 61.6 Å². The topological polar surface area (TPSA) is 167 Å². The van der Waals surface area contributed by atoms with Crippen molar-refractivity contribution in [3.05, 3.63) is 60.2 Å². The monoisotopic (exact) mass is 493 g/mol. The van der Waals surface area contributed by atoms with Gasteiger partial charge in [-0.2, -0.15) is 10.1 Å². The number of rotatable bonds is 9. The summed E-state index contributed by atoms with van der Waals surface area (Å²) in [4.78, 5) is 32.7. The Morgan fingerprint density at radius 2 is 1.94 bits per heavy atom. The Labute approximate surface area is 205 Å². The van der Waals surface area contributed by atoms with E-state index < -0.39 is 17.9 Å². The summed E-state index contributed by atoms with van der Waals surface area (Å²) in [6.45, 7) is 1.49. The number of ether oxygens (including phenoxy) is 2. The summed E-state index contributed by atoms with van der Waals surface area (Å²) in [5.74, 6) is 0.422. The van der Waals surface area contributed by atoms with E-state index >= 15 is 0 Å². The second-order valence-electron chi connectivity index (χ2n) is 7.62. The molecular weight excluding hydrogens is 470 g/mol. The van der Waals surface area contributed by atoms with Crippen LogP contribution in [0.3, 0.4) is 0 Å². The van der Waals surface area contributed by atoms with Crippen molar-refractivity contribution in [2.24, 2.45) is 7.05 Å². The number of carbonyl (C=O) groups is 2. The van der Waals surface area contributed by atoms with Gasteiger partial charge in [-0.05, 0) is 31.2 Å². The first-order valence-electron chi connectivity index (χ1n) is 10.8. The fourth-order valence-electron chi connectivity index (χ4n) is 3.01. The number of benzene rings is 1. The highest BCUT2D eigenvalue weighted by atomic mass is 16.5. The standard InChI is InChI=1S/C23H23N7O6/c1-13(12-31)34-16-8-14(21(32)26-19-6-7-30(3)28-19)9-17(10-16)35-15-4-5-18(25-11-15)20-27-23(36-29-20)22(33)24-2/h4-11,13,31H,12H2,1-3H3,(H,24,33)(H,26,28,32)/t13-/m0/s1. The molecule has 1 atom stereocenters. The summed E-state index contributed by atoms with van der Waals surface area (Å²) >= 11 is 0. The summed E-state index contributed by atoms with van der Waals surface area (Å²) in [7, 11) is 3.19. The average Bonchev–Trinajstić information content (AvgIpc) is 3.53. The fraction of sp³-hybridized carbons (Fsp3) is 0.217. The predicted octanol–water partition coefficient (Wildman–Crippen LogP) is 2.03. The molecule has 13 nitrogen and oxygen atoms in total. The van der Waals surface area contributed by atoms with Crippen LogP contribution in [0.4, 0.5) is 5.82 Å². The van der Waals surface area contributed by atoms with Crippen molar-refractivity contribution in [1.29, 1.82) is 0 Å². The van der Waals surface area contributed by atoms with Crippen molar-refractivity contribution in [2.45, 2.75) is 13.0 Å². The van der Waals surface area contributed by atoms with Crippen LogP contribution >= 0.6 is 0 Å². The third kappa shape index (κ3) is 5.82. The van der Waals surface area contributed by atoms with E-state index in [1.54, 1.807) is 55.2 Å². The van der Waals surface area contributed by atoms with Gasteiger partial charge in [-0.3, -0.25) is 14.3 Å². The van der Waals surface area contributed by atoms with Crippen LogP contribution in [0, 0.1) is 0 Å². The number of nitrogens with zero attached hydrogens (tertiary/aromatic N) is 5. The molecule has 2 amide bonds. The Morgan fingerprint density at radius 1 is 1.14 bits per heavy atom. The summed E-state index contributed by atoms with van der Waals surface area (Å²) in [5, 5.41) is 22.3. The third-order valence-electron chi connectivity index (χ3n) is 4.74. The number of hydrogen-bond donors (Lipinski definition) is 3. The Hall–Kier alpha value is -4.78. The lowest BCUT2D eigenvalue weighted by Gasteiger charge is -2.15. The van der Waals surface area contributed by atoms with E-state index in [-0.39, 0.29) is 23.9 Å². The number of pyridine rings is 1. The van der Waals surface area contributed by atoms with Crippen LogP contribution in [0.25, 0.3) is 11.5 Å². The Balaban J connectivity index is 1.55. The summed E-state index contributed by atoms with van der Waals surface area (Å²) in [6, 6.07) is 9.55. The zero-order valence-corrected chi connectivity index (χ0v) is 19.6. The minimum Gasteiger partial charge on any atom is -0.488 e. The van der Waals surface area contributed by atoms with Crippen LogP contribution in [0.2, 0.25) is 0 Å². The maximum Gasteiger partial charge on any atom is 0.316 e. The van der Waals surface area contributed by atoms with E-state index in [0.717, 1.165) is 0 Å². The number of nitrogens with one attached hydrogen (secondary N) is 2. The molecule has 0 saturated carbocycles. The molecule has 3 aromatic heterocycles. The highest BCUT2D eigenvalue weighted by molar-refractivity contribution is 6.04. The number of hydrogen-bond acceptors (Lipinski definition) is 10. The molecule has 4 aromatic rings. The first kappa shape index (κ1) is 24.3. The Morgan fingerprint density at radius 3 is 2.61 bits per heavy atom. The number of anilines is 1. The lowest BCUT2D eigenvalue weighted by Crippen LogP contribution is -2.17. The largest absolute Gasteiger partial charge is 0.488 e. The highest BCUT2D eigenvalue weighted by Gasteiger charge is 2.17. The van der Waals surface area contributed by atoms with Gasteiger partial charge in [0.15, 0.2) is 5.82 Å². The molecule has 1 aromatic carbocycles. The molecule has 0 unspecified atom stereocenters. The summed E-state index contributed by atoms with van der Waals surface area (Å²) in [5.41, 5.74) is 0.627. The lowest BCUT2D eigenvalue weighted by molar-refractivity contribution is 0.0919. The number of aliphatic hydroxyl groups excluding tert-OH is 1. The number of aryl methyl sites for hydroxylation is 1. The summed E-state index contributed by atoms with van der Waals surface area (Å²) < 4.78 is 18.1. The van der Waals surface area contributed by atoms with Gasteiger partial charge in [0.25, 0.3) is 5.91 Å². The van der Waals surface area contributed by atoms with Crippen molar-refractivity contribution in [3.8, 4) is 28.8 Å². The molecule has 4 rings (SSSR count). The molecule has 0 aliphatic carbocycles. The van der Waals surface area contributed by atoms with E-state index in [1.807, 2.05) is 0 Å². The van der Waals surface area contributed by atoms with Crippen LogP contribution in [0.15, 0.2) is 53.3 Å².